The van der Waals surface area contributed by atoms with Gasteiger partial charge in [-0.2, -0.15) is 5.26 Å². The summed E-state index contributed by atoms with van der Waals surface area (Å²) in [5, 5.41) is 14.8. The van der Waals surface area contributed by atoms with Crippen molar-refractivity contribution in [1.82, 2.24) is 4.98 Å². The smallest absolute Gasteiger partial charge is 0.257 e. The maximum absolute atomic E-state index is 12.6. The van der Waals surface area contributed by atoms with Crippen molar-refractivity contribution in [2.45, 2.75) is 0 Å². The first kappa shape index (κ1) is 18.7. The number of carbonyl (C=O) groups excluding carboxylic acids is 1. The lowest BCUT2D eigenvalue weighted by molar-refractivity contribution is 0.102. The van der Waals surface area contributed by atoms with E-state index in [1.165, 1.54) is 13.3 Å². The Hall–Kier alpha value is -4.05. The zero-order valence-electron chi connectivity index (χ0n) is 15.4. The number of nitriles is 1. The second-order valence-corrected chi connectivity index (χ2v) is 5.80. The summed E-state index contributed by atoms with van der Waals surface area (Å²) < 4.78 is 10.4. The number of benzene rings is 2. The lowest BCUT2D eigenvalue weighted by Crippen LogP contribution is -2.12. The number of nitrogens with one attached hydrogen (secondary N) is 2. The molecule has 1 heterocycles. The molecule has 2 aromatic carbocycles. The SMILES string of the molecule is COc1ccc(NC(=O)c2cncc(Nc3ccc(C#N)cc3)c2)cc1OC. The third kappa shape index (κ3) is 4.37. The molecule has 0 aliphatic carbocycles. The van der Waals surface area contributed by atoms with Gasteiger partial charge in [0.2, 0.25) is 0 Å². The molecule has 2 N–H and O–H groups in total. The number of rotatable bonds is 6. The summed E-state index contributed by atoms with van der Waals surface area (Å²) in [6.45, 7) is 0. The summed E-state index contributed by atoms with van der Waals surface area (Å²) in [5.41, 5.74) is 3.00. The fourth-order valence-electron chi connectivity index (χ4n) is 2.54. The minimum absolute atomic E-state index is 0.303. The molecule has 0 radical (unpaired) electrons. The van der Waals surface area contributed by atoms with Crippen LogP contribution in [0.25, 0.3) is 0 Å². The van der Waals surface area contributed by atoms with Crippen LogP contribution in [0.15, 0.2) is 60.9 Å². The van der Waals surface area contributed by atoms with E-state index in [1.54, 1.807) is 61.8 Å². The van der Waals surface area contributed by atoms with Crippen molar-refractivity contribution in [1.29, 1.82) is 5.26 Å². The van der Waals surface area contributed by atoms with Gasteiger partial charge < -0.3 is 20.1 Å². The number of methoxy groups -OCH3 is 2. The van der Waals surface area contributed by atoms with E-state index >= 15 is 0 Å². The van der Waals surface area contributed by atoms with E-state index in [0.717, 1.165) is 5.69 Å². The number of hydrogen-bond acceptors (Lipinski definition) is 6. The highest BCUT2D eigenvalue weighted by molar-refractivity contribution is 6.04. The monoisotopic (exact) mass is 374 g/mol. The number of amides is 1. The Morgan fingerprint density at radius 3 is 2.32 bits per heavy atom. The molecule has 0 saturated heterocycles. The first-order valence-corrected chi connectivity index (χ1v) is 8.38. The lowest BCUT2D eigenvalue weighted by Gasteiger charge is -2.11. The molecule has 0 unspecified atom stereocenters. The Labute approximate surface area is 162 Å². The lowest BCUT2D eigenvalue weighted by atomic mass is 10.2. The van der Waals surface area contributed by atoms with Gasteiger partial charge in [0.25, 0.3) is 5.91 Å². The average Bonchev–Trinajstić information content (AvgIpc) is 2.74. The van der Waals surface area contributed by atoms with Gasteiger partial charge in [0.15, 0.2) is 11.5 Å². The maximum Gasteiger partial charge on any atom is 0.257 e. The van der Waals surface area contributed by atoms with Crippen molar-refractivity contribution in [3.8, 4) is 17.6 Å². The third-order valence-electron chi connectivity index (χ3n) is 3.94. The minimum atomic E-state index is -0.303. The van der Waals surface area contributed by atoms with Crippen LogP contribution in [0.1, 0.15) is 15.9 Å². The summed E-state index contributed by atoms with van der Waals surface area (Å²) in [4.78, 5) is 16.7. The second-order valence-electron chi connectivity index (χ2n) is 5.80. The maximum atomic E-state index is 12.6. The molecule has 0 aliphatic rings. The van der Waals surface area contributed by atoms with E-state index in [9.17, 15) is 4.79 Å². The molecule has 0 aliphatic heterocycles. The van der Waals surface area contributed by atoms with Gasteiger partial charge >= 0.3 is 0 Å². The Kier molecular flexibility index (Phi) is 5.72. The predicted octanol–water partition coefficient (Wildman–Crippen LogP) is 3.97. The van der Waals surface area contributed by atoms with Crippen molar-refractivity contribution in [2.75, 3.05) is 24.9 Å². The molecular weight excluding hydrogens is 356 g/mol. The van der Waals surface area contributed by atoms with Crippen molar-refractivity contribution in [3.63, 3.8) is 0 Å². The molecule has 3 aromatic rings. The molecule has 140 valence electrons. The number of anilines is 3. The Balaban J connectivity index is 1.74. The molecule has 0 saturated carbocycles. The zero-order valence-corrected chi connectivity index (χ0v) is 15.4. The zero-order chi connectivity index (χ0) is 19.9. The number of aromatic nitrogens is 1. The first-order valence-electron chi connectivity index (χ1n) is 8.38. The topological polar surface area (TPSA) is 96.3 Å². The van der Waals surface area contributed by atoms with Crippen LogP contribution in [-0.2, 0) is 0 Å². The Morgan fingerprint density at radius 1 is 0.929 bits per heavy atom. The molecule has 1 amide bonds. The highest BCUT2D eigenvalue weighted by atomic mass is 16.5. The van der Waals surface area contributed by atoms with Crippen molar-refractivity contribution in [2.24, 2.45) is 0 Å². The molecular formula is C21H18N4O3. The summed E-state index contributed by atoms with van der Waals surface area (Å²) in [7, 11) is 3.08. The van der Waals surface area contributed by atoms with Crippen molar-refractivity contribution in [3.05, 3.63) is 72.1 Å². The van der Waals surface area contributed by atoms with E-state index in [1.807, 2.05) is 0 Å². The Morgan fingerprint density at radius 2 is 1.64 bits per heavy atom. The van der Waals surface area contributed by atoms with Gasteiger partial charge in [0.05, 0.1) is 43.3 Å². The molecule has 0 fully saturated rings. The highest BCUT2D eigenvalue weighted by Gasteiger charge is 2.10. The Bertz CT molecular complexity index is 1030. The van der Waals surface area contributed by atoms with E-state index in [4.69, 9.17) is 14.7 Å². The van der Waals surface area contributed by atoms with E-state index in [2.05, 4.69) is 21.7 Å². The fraction of sp³-hybridized carbons (Fsp3) is 0.0952. The summed E-state index contributed by atoms with van der Waals surface area (Å²) in [5.74, 6) is 0.800. The molecule has 28 heavy (non-hydrogen) atoms. The van der Waals surface area contributed by atoms with E-state index in [-0.39, 0.29) is 5.91 Å². The van der Waals surface area contributed by atoms with Crippen LogP contribution in [0.4, 0.5) is 17.1 Å². The van der Waals surface area contributed by atoms with Crippen LogP contribution in [0, 0.1) is 11.3 Å². The second kappa shape index (κ2) is 8.56. The first-order chi connectivity index (χ1) is 13.6. The van der Waals surface area contributed by atoms with Crippen molar-refractivity contribution >= 4 is 23.0 Å². The summed E-state index contributed by atoms with van der Waals surface area (Å²) >= 11 is 0. The van der Waals surface area contributed by atoms with Crippen LogP contribution in [0.5, 0.6) is 11.5 Å². The summed E-state index contributed by atoms with van der Waals surface area (Å²) in [6.07, 6.45) is 3.10. The molecule has 3 rings (SSSR count). The van der Waals surface area contributed by atoms with Gasteiger partial charge in [-0.05, 0) is 42.5 Å². The highest BCUT2D eigenvalue weighted by Crippen LogP contribution is 2.30. The van der Waals surface area contributed by atoms with Crippen LogP contribution >= 0.6 is 0 Å². The largest absolute Gasteiger partial charge is 0.493 e. The normalized spacial score (nSPS) is 9.89. The van der Waals surface area contributed by atoms with Crippen LogP contribution < -0.4 is 20.1 Å². The van der Waals surface area contributed by atoms with E-state index < -0.39 is 0 Å². The molecule has 7 nitrogen and oxygen atoms in total. The molecule has 0 bridgehead atoms. The molecule has 0 spiro atoms. The van der Waals surface area contributed by atoms with Crippen LogP contribution in [0.2, 0.25) is 0 Å². The van der Waals surface area contributed by atoms with Gasteiger partial charge in [-0.15, -0.1) is 0 Å². The van der Waals surface area contributed by atoms with Crippen LogP contribution in [-0.4, -0.2) is 25.1 Å². The number of ether oxygens (including phenoxy) is 2. The van der Waals surface area contributed by atoms with Gasteiger partial charge in [-0.3, -0.25) is 9.78 Å². The van der Waals surface area contributed by atoms with Gasteiger partial charge in [0, 0.05) is 23.6 Å². The predicted molar refractivity (Wildman–Crippen MR) is 106 cm³/mol. The number of pyridine rings is 1. The van der Waals surface area contributed by atoms with Gasteiger partial charge in [0.1, 0.15) is 0 Å². The van der Waals surface area contributed by atoms with Crippen molar-refractivity contribution < 1.29 is 14.3 Å². The average molecular weight is 374 g/mol. The number of carbonyl (C=O) groups is 1. The number of nitrogens with zero attached hydrogens (tertiary/aromatic N) is 2. The van der Waals surface area contributed by atoms with Crippen LogP contribution in [0.3, 0.4) is 0 Å². The van der Waals surface area contributed by atoms with Gasteiger partial charge in [-0.25, -0.2) is 0 Å². The van der Waals surface area contributed by atoms with Gasteiger partial charge in [-0.1, -0.05) is 0 Å². The standard InChI is InChI=1S/C21H18N4O3/c1-27-19-8-7-17(10-20(19)28-2)25-21(26)15-9-18(13-23-12-15)24-16-5-3-14(11-22)4-6-16/h3-10,12-13,24H,1-2H3,(H,25,26). The molecule has 1 aromatic heterocycles. The van der Waals surface area contributed by atoms with E-state index in [0.29, 0.717) is 34.0 Å². The quantitative estimate of drug-likeness (QED) is 0.678. The molecule has 7 heteroatoms. The molecule has 0 atom stereocenters. The number of hydrogen-bond donors (Lipinski definition) is 2. The third-order valence-corrected chi connectivity index (χ3v) is 3.94. The fourth-order valence-corrected chi connectivity index (χ4v) is 2.54. The summed E-state index contributed by atoms with van der Waals surface area (Å²) in [6, 6.07) is 15.9. The minimum Gasteiger partial charge on any atom is -0.493 e.